The molecular weight excluding hydrogens is 276 g/mol. The van der Waals surface area contributed by atoms with Gasteiger partial charge in [-0.15, -0.1) is 0 Å². The van der Waals surface area contributed by atoms with Crippen LogP contribution in [0.2, 0.25) is 0 Å². The Morgan fingerprint density at radius 2 is 1.73 bits per heavy atom. The summed E-state index contributed by atoms with van der Waals surface area (Å²) < 4.78 is 13.1. The van der Waals surface area contributed by atoms with Crippen LogP contribution in [0.15, 0.2) is 48.7 Å². The van der Waals surface area contributed by atoms with Crippen LogP contribution in [0.4, 0.5) is 0 Å². The van der Waals surface area contributed by atoms with E-state index in [1.165, 1.54) is 5.56 Å². The lowest BCUT2D eigenvalue weighted by molar-refractivity contribution is 0.116. The fraction of sp³-hybridized carbons (Fsp3) is 0.389. The molecule has 1 heterocycles. The SMILES string of the molecule is Cn1cc(OCCCCCOCc2ccccc2)ccc1=N. The van der Waals surface area contributed by atoms with Gasteiger partial charge in [0.15, 0.2) is 0 Å². The smallest absolute Gasteiger partial charge is 0.135 e. The fourth-order valence-corrected chi connectivity index (χ4v) is 2.10. The Bertz CT molecular complexity index is 608. The summed E-state index contributed by atoms with van der Waals surface area (Å²) >= 11 is 0. The Morgan fingerprint density at radius 1 is 0.955 bits per heavy atom. The van der Waals surface area contributed by atoms with Gasteiger partial charge in [0, 0.05) is 19.9 Å². The molecule has 0 saturated heterocycles. The van der Waals surface area contributed by atoms with Crippen molar-refractivity contribution in [2.45, 2.75) is 25.9 Å². The van der Waals surface area contributed by atoms with Gasteiger partial charge < -0.3 is 14.0 Å². The van der Waals surface area contributed by atoms with Gasteiger partial charge in [-0.05, 0) is 37.0 Å². The van der Waals surface area contributed by atoms with Gasteiger partial charge in [-0.25, -0.2) is 0 Å². The Labute approximate surface area is 131 Å². The van der Waals surface area contributed by atoms with Crippen LogP contribution in [-0.2, 0) is 18.4 Å². The molecule has 22 heavy (non-hydrogen) atoms. The van der Waals surface area contributed by atoms with Gasteiger partial charge in [-0.3, -0.25) is 5.41 Å². The molecule has 118 valence electrons. The van der Waals surface area contributed by atoms with Gasteiger partial charge in [-0.1, -0.05) is 30.3 Å². The van der Waals surface area contributed by atoms with Gasteiger partial charge in [0.25, 0.3) is 0 Å². The Kier molecular flexibility index (Phi) is 6.71. The number of nitrogens with zero attached hydrogens (tertiary/aromatic N) is 1. The third kappa shape index (κ3) is 5.74. The maximum absolute atomic E-state index is 7.58. The van der Waals surface area contributed by atoms with Crippen LogP contribution in [-0.4, -0.2) is 17.8 Å². The molecule has 4 heteroatoms. The average Bonchev–Trinajstić information content (AvgIpc) is 2.54. The molecule has 0 fully saturated rings. The number of benzene rings is 1. The normalized spacial score (nSPS) is 10.6. The van der Waals surface area contributed by atoms with Crippen molar-refractivity contribution in [3.8, 4) is 5.75 Å². The van der Waals surface area contributed by atoms with Crippen molar-refractivity contribution in [3.63, 3.8) is 0 Å². The summed E-state index contributed by atoms with van der Waals surface area (Å²) in [6.45, 7) is 2.18. The highest BCUT2D eigenvalue weighted by atomic mass is 16.5. The van der Waals surface area contributed by atoms with Crippen molar-refractivity contribution in [1.29, 1.82) is 5.41 Å². The summed E-state index contributed by atoms with van der Waals surface area (Å²) in [6.07, 6.45) is 5.00. The fourth-order valence-electron chi connectivity index (χ4n) is 2.10. The minimum atomic E-state index is 0.475. The molecule has 0 unspecified atom stereocenters. The quantitative estimate of drug-likeness (QED) is 0.723. The molecule has 0 radical (unpaired) electrons. The molecule has 0 saturated carbocycles. The molecule has 0 atom stereocenters. The molecule has 2 rings (SSSR count). The first-order valence-corrected chi connectivity index (χ1v) is 7.71. The van der Waals surface area contributed by atoms with E-state index >= 15 is 0 Å². The van der Waals surface area contributed by atoms with Crippen molar-refractivity contribution >= 4 is 0 Å². The second-order valence-corrected chi connectivity index (χ2v) is 5.31. The Hall–Kier alpha value is -2.07. The largest absolute Gasteiger partial charge is 0.492 e. The number of hydrogen-bond acceptors (Lipinski definition) is 3. The molecule has 2 aromatic rings. The van der Waals surface area contributed by atoms with Gasteiger partial charge >= 0.3 is 0 Å². The second kappa shape index (κ2) is 9.05. The van der Waals surface area contributed by atoms with Gasteiger partial charge in [-0.2, -0.15) is 0 Å². The van der Waals surface area contributed by atoms with Crippen LogP contribution in [0.1, 0.15) is 24.8 Å². The molecule has 4 nitrogen and oxygen atoms in total. The number of unbranched alkanes of at least 4 members (excludes halogenated alkanes) is 2. The van der Waals surface area contributed by atoms with Crippen LogP contribution in [0, 0.1) is 5.41 Å². The third-order valence-electron chi connectivity index (χ3n) is 3.42. The summed E-state index contributed by atoms with van der Waals surface area (Å²) in [5.74, 6) is 0.818. The van der Waals surface area contributed by atoms with E-state index in [1.54, 1.807) is 10.6 Å². The third-order valence-corrected chi connectivity index (χ3v) is 3.42. The Morgan fingerprint density at radius 3 is 2.50 bits per heavy atom. The van der Waals surface area contributed by atoms with E-state index in [2.05, 4.69) is 12.1 Å². The van der Waals surface area contributed by atoms with E-state index in [9.17, 15) is 0 Å². The van der Waals surface area contributed by atoms with Crippen LogP contribution >= 0.6 is 0 Å². The molecule has 1 N–H and O–H groups in total. The maximum Gasteiger partial charge on any atom is 0.135 e. The highest BCUT2D eigenvalue weighted by Gasteiger charge is 1.96. The summed E-state index contributed by atoms with van der Waals surface area (Å²) in [4.78, 5) is 0. The number of aryl methyl sites for hydroxylation is 1. The number of hydrogen-bond donors (Lipinski definition) is 1. The van der Waals surface area contributed by atoms with Crippen LogP contribution in [0.25, 0.3) is 0 Å². The van der Waals surface area contributed by atoms with E-state index in [0.29, 0.717) is 18.7 Å². The topological polar surface area (TPSA) is 47.2 Å². The monoisotopic (exact) mass is 300 g/mol. The van der Waals surface area contributed by atoms with Crippen molar-refractivity contribution in [2.75, 3.05) is 13.2 Å². The zero-order valence-corrected chi connectivity index (χ0v) is 13.1. The molecular formula is C18H24N2O2. The molecule has 0 aliphatic carbocycles. The second-order valence-electron chi connectivity index (χ2n) is 5.31. The minimum absolute atomic E-state index is 0.475. The van der Waals surface area contributed by atoms with E-state index in [4.69, 9.17) is 14.9 Å². The van der Waals surface area contributed by atoms with Gasteiger partial charge in [0.2, 0.25) is 0 Å². The van der Waals surface area contributed by atoms with Crippen molar-refractivity contribution in [1.82, 2.24) is 4.57 Å². The van der Waals surface area contributed by atoms with Crippen molar-refractivity contribution in [2.24, 2.45) is 7.05 Å². The molecule has 1 aromatic heterocycles. The predicted octanol–water partition coefficient (Wildman–Crippen LogP) is 3.27. The van der Waals surface area contributed by atoms with Crippen molar-refractivity contribution < 1.29 is 9.47 Å². The average molecular weight is 300 g/mol. The molecule has 0 amide bonds. The molecule has 0 spiro atoms. The number of rotatable bonds is 9. The summed E-state index contributed by atoms with van der Waals surface area (Å²) in [5, 5.41) is 7.58. The summed E-state index contributed by atoms with van der Waals surface area (Å²) in [6, 6.07) is 13.8. The number of pyridine rings is 1. The number of ether oxygens (including phenoxy) is 2. The Balaban J connectivity index is 1.51. The standard InChI is InChI=1S/C18H24N2O2/c1-20-14-17(10-11-18(20)19)22-13-7-3-6-12-21-15-16-8-4-2-5-9-16/h2,4-5,8-11,14,19H,3,6-7,12-13,15H2,1H3. The summed E-state index contributed by atoms with van der Waals surface area (Å²) in [5.41, 5.74) is 1.69. The van der Waals surface area contributed by atoms with Gasteiger partial charge in [0.05, 0.1) is 13.2 Å². The van der Waals surface area contributed by atoms with E-state index in [1.807, 2.05) is 37.5 Å². The first kappa shape index (κ1) is 16.3. The number of aromatic nitrogens is 1. The predicted molar refractivity (Wildman–Crippen MR) is 86.7 cm³/mol. The number of nitrogens with one attached hydrogen (secondary N) is 1. The summed E-state index contributed by atoms with van der Waals surface area (Å²) in [7, 11) is 1.85. The molecule has 0 bridgehead atoms. The van der Waals surface area contributed by atoms with E-state index in [-0.39, 0.29) is 0 Å². The van der Waals surface area contributed by atoms with E-state index < -0.39 is 0 Å². The van der Waals surface area contributed by atoms with Crippen LogP contribution in [0.3, 0.4) is 0 Å². The van der Waals surface area contributed by atoms with Crippen molar-refractivity contribution in [3.05, 3.63) is 59.7 Å². The minimum Gasteiger partial charge on any atom is -0.492 e. The van der Waals surface area contributed by atoms with Gasteiger partial charge in [0.1, 0.15) is 11.2 Å². The zero-order valence-electron chi connectivity index (χ0n) is 13.1. The first-order chi connectivity index (χ1) is 10.8. The molecule has 1 aromatic carbocycles. The lowest BCUT2D eigenvalue weighted by Crippen LogP contribution is -2.14. The van der Waals surface area contributed by atoms with Crippen LogP contribution in [0.5, 0.6) is 5.75 Å². The zero-order chi connectivity index (χ0) is 15.6. The lowest BCUT2D eigenvalue weighted by atomic mass is 10.2. The molecule has 0 aliphatic rings. The van der Waals surface area contributed by atoms with Crippen LogP contribution < -0.4 is 10.2 Å². The molecule has 0 aliphatic heterocycles. The maximum atomic E-state index is 7.58. The van der Waals surface area contributed by atoms with E-state index in [0.717, 1.165) is 31.6 Å². The lowest BCUT2D eigenvalue weighted by Gasteiger charge is -2.08. The highest BCUT2D eigenvalue weighted by Crippen LogP contribution is 2.08. The first-order valence-electron chi connectivity index (χ1n) is 7.71. The highest BCUT2D eigenvalue weighted by molar-refractivity contribution is 5.16.